The van der Waals surface area contributed by atoms with Crippen LogP contribution in [-0.2, 0) is 6.42 Å². The second-order valence-electron chi connectivity index (χ2n) is 5.25. The van der Waals surface area contributed by atoms with Crippen molar-refractivity contribution >= 4 is 5.69 Å². The summed E-state index contributed by atoms with van der Waals surface area (Å²) in [4.78, 5) is 14.7. The zero-order valence-electron chi connectivity index (χ0n) is 12.1. The summed E-state index contributed by atoms with van der Waals surface area (Å²) >= 11 is 0. The van der Waals surface area contributed by atoms with Crippen LogP contribution in [0.4, 0.5) is 5.69 Å². The van der Waals surface area contributed by atoms with Crippen molar-refractivity contribution in [3.8, 4) is 0 Å². The van der Waals surface area contributed by atoms with Gasteiger partial charge in [-0.3, -0.25) is 15.1 Å². The molecular formula is C14H23N3O2. The highest BCUT2D eigenvalue weighted by Gasteiger charge is 2.15. The molecule has 0 aromatic carbocycles. The number of aromatic nitrogens is 1. The molecule has 5 heteroatoms. The summed E-state index contributed by atoms with van der Waals surface area (Å²) in [6.45, 7) is 9.08. The first-order chi connectivity index (χ1) is 8.93. The van der Waals surface area contributed by atoms with Gasteiger partial charge in [0.15, 0.2) is 0 Å². The lowest BCUT2D eigenvalue weighted by molar-refractivity contribution is -0.385. The van der Waals surface area contributed by atoms with Crippen LogP contribution >= 0.6 is 0 Å². The Labute approximate surface area is 114 Å². The van der Waals surface area contributed by atoms with Crippen LogP contribution in [0.1, 0.15) is 38.6 Å². The normalized spacial score (nSPS) is 12.7. The van der Waals surface area contributed by atoms with E-state index >= 15 is 0 Å². The molecule has 1 N–H and O–H groups in total. The minimum absolute atomic E-state index is 0.0904. The lowest BCUT2D eigenvalue weighted by atomic mass is 9.99. The zero-order valence-corrected chi connectivity index (χ0v) is 12.1. The zero-order chi connectivity index (χ0) is 14.4. The summed E-state index contributed by atoms with van der Waals surface area (Å²) < 4.78 is 0. The molecule has 0 aliphatic rings. The van der Waals surface area contributed by atoms with Crippen molar-refractivity contribution < 1.29 is 4.92 Å². The highest BCUT2D eigenvalue weighted by atomic mass is 16.6. The van der Waals surface area contributed by atoms with Gasteiger partial charge in [0.2, 0.25) is 0 Å². The summed E-state index contributed by atoms with van der Waals surface area (Å²) in [5.74, 6) is 0.614. The molecule has 0 saturated heterocycles. The molecule has 1 unspecified atom stereocenters. The molecule has 1 aromatic rings. The Kier molecular flexibility index (Phi) is 5.89. The lowest BCUT2D eigenvalue weighted by Gasteiger charge is -2.19. The Bertz CT molecular complexity index is 433. The first kappa shape index (κ1) is 15.6. The fourth-order valence-corrected chi connectivity index (χ4v) is 2.26. The maximum absolute atomic E-state index is 10.8. The maximum Gasteiger partial charge on any atom is 0.290 e. The molecule has 0 bridgehead atoms. The van der Waals surface area contributed by atoms with Crippen LogP contribution in [0.5, 0.6) is 0 Å². The van der Waals surface area contributed by atoms with Gasteiger partial charge in [-0.1, -0.05) is 20.8 Å². The van der Waals surface area contributed by atoms with E-state index in [0.717, 1.165) is 25.1 Å². The molecule has 1 heterocycles. The molecule has 1 rings (SSSR count). The Balaban J connectivity index is 2.79. The highest BCUT2D eigenvalue weighted by molar-refractivity contribution is 5.35. The fraction of sp³-hybridized carbons (Fsp3) is 0.643. The van der Waals surface area contributed by atoms with Crippen LogP contribution in [0.3, 0.4) is 0 Å². The van der Waals surface area contributed by atoms with Crippen LogP contribution in [0.2, 0.25) is 0 Å². The Hall–Kier alpha value is -1.49. The number of likely N-dealkylation sites (N-methyl/N-ethyl adjacent to an activating group) is 1. The molecule has 0 aliphatic heterocycles. The second kappa shape index (κ2) is 7.19. The van der Waals surface area contributed by atoms with Gasteiger partial charge in [0, 0.05) is 24.2 Å². The average molecular weight is 265 g/mol. The highest BCUT2D eigenvalue weighted by Crippen LogP contribution is 2.17. The summed E-state index contributed by atoms with van der Waals surface area (Å²) in [5.41, 5.74) is 1.49. The number of nitrogens with zero attached hydrogens (tertiary/aromatic N) is 2. The molecule has 19 heavy (non-hydrogen) atoms. The van der Waals surface area contributed by atoms with Crippen molar-refractivity contribution in [2.24, 2.45) is 5.92 Å². The number of aryl methyl sites for hydroxylation is 1. The summed E-state index contributed by atoms with van der Waals surface area (Å²) in [6.07, 6.45) is 1.89. The van der Waals surface area contributed by atoms with Gasteiger partial charge in [0.1, 0.15) is 5.69 Å². The van der Waals surface area contributed by atoms with E-state index in [2.05, 4.69) is 31.1 Å². The van der Waals surface area contributed by atoms with E-state index in [1.807, 2.05) is 0 Å². The van der Waals surface area contributed by atoms with Gasteiger partial charge in [-0.05, 0) is 31.9 Å². The number of rotatable bonds is 7. The molecule has 0 aliphatic carbocycles. The number of hydrogen-bond donors (Lipinski definition) is 1. The second-order valence-corrected chi connectivity index (χ2v) is 5.25. The fourth-order valence-electron chi connectivity index (χ4n) is 2.26. The quantitative estimate of drug-likeness (QED) is 0.608. The van der Waals surface area contributed by atoms with Crippen molar-refractivity contribution in [3.05, 3.63) is 33.6 Å². The molecule has 1 atom stereocenters. The van der Waals surface area contributed by atoms with E-state index in [4.69, 9.17) is 0 Å². The average Bonchev–Trinajstić information content (AvgIpc) is 2.27. The van der Waals surface area contributed by atoms with Gasteiger partial charge in [-0.25, -0.2) is 0 Å². The molecule has 0 spiro atoms. The molecular weight excluding hydrogens is 242 g/mol. The van der Waals surface area contributed by atoms with Crippen molar-refractivity contribution in [1.29, 1.82) is 0 Å². The van der Waals surface area contributed by atoms with Gasteiger partial charge in [-0.2, -0.15) is 0 Å². The third kappa shape index (κ3) is 4.95. The number of pyridine rings is 1. The number of nitrogens with one attached hydrogen (secondary N) is 1. The Morgan fingerprint density at radius 1 is 1.42 bits per heavy atom. The van der Waals surface area contributed by atoms with Crippen LogP contribution in [0.25, 0.3) is 0 Å². The molecule has 106 valence electrons. The van der Waals surface area contributed by atoms with Gasteiger partial charge in [0.25, 0.3) is 5.69 Å². The number of nitro groups is 1. The third-order valence-electron chi connectivity index (χ3n) is 3.02. The topological polar surface area (TPSA) is 68.1 Å². The molecule has 0 amide bonds. The van der Waals surface area contributed by atoms with Crippen LogP contribution in [-0.4, -0.2) is 22.5 Å². The summed E-state index contributed by atoms with van der Waals surface area (Å²) in [5, 5.41) is 14.2. The standard InChI is InChI=1S/C14H23N3O2/c1-5-15-13(8-10(2)3)9-12-6-7-14(17(18)19)11(4)16-12/h6-7,10,13,15H,5,8-9H2,1-4H3. The van der Waals surface area contributed by atoms with E-state index in [0.29, 0.717) is 17.7 Å². The van der Waals surface area contributed by atoms with E-state index in [9.17, 15) is 10.1 Å². The minimum atomic E-state index is -0.387. The molecule has 0 saturated carbocycles. The van der Waals surface area contributed by atoms with Crippen molar-refractivity contribution in [2.45, 2.75) is 46.6 Å². The molecule has 5 nitrogen and oxygen atoms in total. The van der Waals surface area contributed by atoms with Gasteiger partial charge in [0.05, 0.1) is 4.92 Å². The van der Waals surface area contributed by atoms with Crippen molar-refractivity contribution in [3.63, 3.8) is 0 Å². The van der Waals surface area contributed by atoms with Gasteiger partial charge in [-0.15, -0.1) is 0 Å². The predicted octanol–water partition coefficient (Wildman–Crippen LogP) is 2.86. The van der Waals surface area contributed by atoms with E-state index in [1.165, 1.54) is 0 Å². The Morgan fingerprint density at radius 2 is 2.11 bits per heavy atom. The first-order valence-corrected chi connectivity index (χ1v) is 6.78. The van der Waals surface area contributed by atoms with Crippen LogP contribution in [0.15, 0.2) is 12.1 Å². The third-order valence-corrected chi connectivity index (χ3v) is 3.02. The lowest BCUT2D eigenvalue weighted by Crippen LogP contribution is -2.32. The SMILES string of the molecule is CCNC(Cc1ccc([N+](=O)[O-])c(C)n1)CC(C)C. The van der Waals surface area contributed by atoms with E-state index in [-0.39, 0.29) is 10.6 Å². The van der Waals surface area contributed by atoms with Gasteiger partial charge < -0.3 is 5.32 Å². The first-order valence-electron chi connectivity index (χ1n) is 6.78. The number of hydrogen-bond acceptors (Lipinski definition) is 4. The van der Waals surface area contributed by atoms with Crippen molar-refractivity contribution in [1.82, 2.24) is 10.3 Å². The van der Waals surface area contributed by atoms with E-state index in [1.54, 1.807) is 19.1 Å². The smallest absolute Gasteiger partial charge is 0.290 e. The maximum atomic E-state index is 10.8. The Morgan fingerprint density at radius 3 is 2.58 bits per heavy atom. The summed E-state index contributed by atoms with van der Waals surface area (Å²) in [6, 6.07) is 3.68. The molecule has 0 radical (unpaired) electrons. The summed E-state index contributed by atoms with van der Waals surface area (Å²) in [7, 11) is 0. The monoisotopic (exact) mass is 265 g/mol. The molecule has 1 aromatic heterocycles. The molecule has 0 fully saturated rings. The predicted molar refractivity (Wildman–Crippen MR) is 76.3 cm³/mol. The van der Waals surface area contributed by atoms with E-state index < -0.39 is 0 Å². The van der Waals surface area contributed by atoms with Crippen LogP contribution in [0, 0.1) is 23.0 Å². The largest absolute Gasteiger partial charge is 0.314 e. The van der Waals surface area contributed by atoms with Crippen molar-refractivity contribution in [2.75, 3.05) is 6.54 Å². The minimum Gasteiger partial charge on any atom is -0.314 e. The van der Waals surface area contributed by atoms with Gasteiger partial charge >= 0.3 is 0 Å². The van der Waals surface area contributed by atoms with Crippen LogP contribution < -0.4 is 5.32 Å².